The van der Waals surface area contributed by atoms with Crippen molar-refractivity contribution < 1.29 is 9.53 Å². The van der Waals surface area contributed by atoms with Crippen molar-refractivity contribution in [1.82, 2.24) is 19.7 Å². The number of carbonyl (C=O) groups is 1. The van der Waals surface area contributed by atoms with Crippen LogP contribution >= 0.6 is 34.7 Å². The fraction of sp³-hybridized carbons (Fsp3) is 0.143. The molecular formula is C21H18ClN5O2S2. The average Bonchev–Trinajstić information content (AvgIpc) is 3.45. The summed E-state index contributed by atoms with van der Waals surface area (Å²) < 4.78 is 7.47. The fourth-order valence-corrected chi connectivity index (χ4v) is 4.50. The number of anilines is 1. The van der Waals surface area contributed by atoms with E-state index in [0.717, 1.165) is 10.6 Å². The Morgan fingerprint density at radius 1 is 1.19 bits per heavy atom. The lowest BCUT2D eigenvalue weighted by Crippen LogP contribution is -2.23. The van der Waals surface area contributed by atoms with Crippen LogP contribution in [-0.4, -0.2) is 38.0 Å². The molecule has 158 valence electrons. The number of rotatable bonds is 7. The van der Waals surface area contributed by atoms with E-state index >= 15 is 0 Å². The van der Waals surface area contributed by atoms with Crippen LogP contribution in [0.2, 0.25) is 5.02 Å². The molecule has 0 radical (unpaired) electrons. The molecule has 31 heavy (non-hydrogen) atoms. The molecule has 0 saturated carbocycles. The summed E-state index contributed by atoms with van der Waals surface area (Å²) in [4.78, 5) is 17.8. The van der Waals surface area contributed by atoms with Gasteiger partial charge in [-0.2, -0.15) is 0 Å². The van der Waals surface area contributed by atoms with Gasteiger partial charge in [-0.1, -0.05) is 41.6 Å². The lowest BCUT2D eigenvalue weighted by atomic mass is 10.3. The highest BCUT2D eigenvalue weighted by atomic mass is 35.5. The molecular weight excluding hydrogens is 454 g/mol. The Morgan fingerprint density at radius 3 is 2.74 bits per heavy atom. The zero-order chi connectivity index (χ0) is 21.8. The molecule has 0 aliphatic rings. The smallest absolute Gasteiger partial charge is 0.238 e. The Kier molecular flexibility index (Phi) is 6.55. The number of nitrogens with zero attached hydrogens (tertiary/aromatic N) is 4. The molecule has 0 fully saturated rings. The molecule has 1 atom stereocenters. The lowest BCUT2D eigenvalue weighted by molar-refractivity contribution is -0.115. The summed E-state index contributed by atoms with van der Waals surface area (Å²) in [6.45, 7) is 1.81. The molecule has 1 N–H and O–H groups in total. The largest absolute Gasteiger partial charge is 0.495 e. The van der Waals surface area contributed by atoms with E-state index in [9.17, 15) is 4.79 Å². The van der Waals surface area contributed by atoms with Crippen molar-refractivity contribution in [2.75, 3.05) is 12.4 Å². The first-order chi connectivity index (χ1) is 15.1. The second-order valence-electron chi connectivity index (χ2n) is 6.40. The molecule has 3 aromatic heterocycles. The molecule has 4 rings (SSSR count). The van der Waals surface area contributed by atoms with Crippen LogP contribution < -0.4 is 10.1 Å². The maximum Gasteiger partial charge on any atom is 0.238 e. The molecule has 7 nitrogen and oxygen atoms in total. The number of amides is 1. The van der Waals surface area contributed by atoms with Gasteiger partial charge in [0.2, 0.25) is 5.91 Å². The van der Waals surface area contributed by atoms with Crippen molar-refractivity contribution in [3.63, 3.8) is 0 Å². The molecule has 10 heteroatoms. The van der Waals surface area contributed by atoms with Crippen LogP contribution in [0.5, 0.6) is 5.75 Å². The first-order valence-corrected chi connectivity index (χ1v) is 11.4. The number of pyridine rings is 1. The number of hydrogen-bond donors (Lipinski definition) is 1. The Labute approximate surface area is 192 Å². The van der Waals surface area contributed by atoms with Crippen molar-refractivity contribution in [3.05, 3.63) is 65.1 Å². The summed E-state index contributed by atoms with van der Waals surface area (Å²) in [5.41, 5.74) is 0.799. The van der Waals surface area contributed by atoms with Crippen LogP contribution in [0.15, 0.2) is 65.3 Å². The van der Waals surface area contributed by atoms with E-state index in [-0.39, 0.29) is 5.91 Å². The second kappa shape index (κ2) is 9.51. The van der Waals surface area contributed by atoms with Gasteiger partial charge in [-0.05, 0) is 42.6 Å². The maximum atomic E-state index is 12.7. The van der Waals surface area contributed by atoms with Gasteiger partial charge in [-0.25, -0.2) is 4.98 Å². The maximum absolute atomic E-state index is 12.7. The summed E-state index contributed by atoms with van der Waals surface area (Å²) >= 11 is 8.73. The van der Waals surface area contributed by atoms with E-state index in [4.69, 9.17) is 16.3 Å². The molecule has 1 aromatic carbocycles. The highest BCUT2D eigenvalue weighted by molar-refractivity contribution is 8.00. The Morgan fingerprint density at radius 2 is 2.03 bits per heavy atom. The first kappa shape index (κ1) is 21.4. The number of nitrogens with one attached hydrogen (secondary N) is 1. The topological polar surface area (TPSA) is 81.9 Å². The molecule has 0 spiro atoms. The van der Waals surface area contributed by atoms with E-state index < -0.39 is 5.25 Å². The zero-order valence-electron chi connectivity index (χ0n) is 16.7. The number of hydrogen-bond acceptors (Lipinski definition) is 7. The summed E-state index contributed by atoms with van der Waals surface area (Å²) in [7, 11) is 1.62. The highest BCUT2D eigenvalue weighted by Gasteiger charge is 2.24. The number of thiophene rings is 1. The average molecular weight is 472 g/mol. The number of methoxy groups -OCH3 is 1. The van der Waals surface area contributed by atoms with E-state index in [1.807, 2.05) is 53.3 Å². The third-order valence-corrected chi connectivity index (χ3v) is 6.46. The lowest BCUT2D eigenvalue weighted by Gasteiger charge is -2.15. The Bertz CT molecular complexity index is 1180. The van der Waals surface area contributed by atoms with Crippen LogP contribution in [0.3, 0.4) is 0 Å². The fourth-order valence-electron chi connectivity index (χ4n) is 2.83. The van der Waals surface area contributed by atoms with Gasteiger partial charge in [0, 0.05) is 6.20 Å². The third-order valence-electron chi connectivity index (χ3n) is 4.33. The standard InChI is InChI=1S/C21H18ClN5O2S2/c1-13(20(28)24-18-10-9-14(22)12-23-18)31-21-26-25-19(17-8-5-11-30-17)27(21)15-6-3-4-7-16(15)29-2/h3-13H,1-2H3,(H,23,24,28). The number of carbonyl (C=O) groups excluding carboxylic acids is 1. The predicted octanol–water partition coefficient (Wildman–Crippen LogP) is 5.17. The van der Waals surface area contributed by atoms with Gasteiger partial charge in [0.1, 0.15) is 11.6 Å². The van der Waals surface area contributed by atoms with Gasteiger partial charge < -0.3 is 10.1 Å². The van der Waals surface area contributed by atoms with Crippen molar-refractivity contribution in [3.8, 4) is 22.1 Å². The summed E-state index contributed by atoms with van der Waals surface area (Å²) in [5.74, 6) is 1.61. The molecule has 1 amide bonds. The SMILES string of the molecule is COc1ccccc1-n1c(SC(C)C(=O)Nc2ccc(Cl)cn2)nnc1-c1cccs1. The number of thioether (sulfide) groups is 1. The normalized spacial score (nSPS) is 11.8. The van der Waals surface area contributed by atoms with Crippen molar-refractivity contribution in [1.29, 1.82) is 0 Å². The molecule has 0 bridgehead atoms. The van der Waals surface area contributed by atoms with Crippen LogP contribution in [-0.2, 0) is 4.79 Å². The van der Waals surface area contributed by atoms with Crippen LogP contribution in [0, 0.1) is 0 Å². The molecule has 0 aliphatic heterocycles. The molecule has 0 aliphatic carbocycles. The third kappa shape index (κ3) is 4.73. The van der Waals surface area contributed by atoms with Crippen LogP contribution in [0.4, 0.5) is 5.82 Å². The van der Waals surface area contributed by atoms with Crippen molar-refractivity contribution in [2.45, 2.75) is 17.3 Å². The van der Waals surface area contributed by atoms with Crippen molar-refractivity contribution >= 4 is 46.4 Å². The van der Waals surface area contributed by atoms with Crippen molar-refractivity contribution in [2.24, 2.45) is 0 Å². The van der Waals surface area contributed by atoms with E-state index in [2.05, 4.69) is 20.5 Å². The quantitative estimate of drug-likeness (QED) is 0.374. The van der Waals surface area contributed by atoms with E-state index in [1.165, 1.54) is 18.0 Å². The van der Waals surface area contributed by atoms with Gasteiger partial charge in [-0.15, -0.1) is 21.5 Å². The van der Waals surface area contributed by atoms with Crippen LogP contribution in [0.25, 0.3) is 16.4 Å². The number of halogens is 1. The molecule has 0 saturated heterocycles. The van der Waals surface area contributed by atoms with Gasteiger partial charge >= 0.3 is 0 Å². The molecule has 3 heterocycles. The van der Waals surface area contributed by atoms with Gasteiger partial charge in [0.05, 0.1) is 27.9 Å². The second-order valence-corrected chi connectivity index (χ2v) is 9.09. The van der Waals surface area contributed by atoms with Gasteiger partial charge in [0.25, 0.3) is 0 Å². The minimum absolute atomic E-state index is 0.202. The van der Waals surface area contributed by atoms with E-state index in [1.54, 1.807) is 30.6 Å². The van der Waals surface area contributed by atoms with E-state index in [0.29, 0.717) is 27.6 Å². The summed E-state index contributed by atoms with van der Waals surface area (Å²) in [6.07, 6.45) is 1.49. The summed E-state index contributed by atoms with van der Waals surface area (Å²) in [5, 5.41) is 14.2. The van der Waals surface area contributed by atoms with Crippen LogP contribution in [0.1, 0.15) is 6.92 Å². The molecule has 1 unspecified atom stereocenters. The first-order valence-electron chi connectivity index (χ1n) is 9.28. The Balaban J connectivity index is 1.65. The number of aromatic nitrogens is 4. The van der Waals surface area contributed by atoms with Gasteiger partial charge in [-0.3, -0.25) is 9.36 Å². The number of para-hydroxylation sites is 2. The number of ether oxygens (including phenoxy) is 1. The monoisotopic (exact) mass is 471 g/mol. The van der Waals surface area contributed by atoms with Gasteiger partial charge in [0.15, 0.2) is 11.0 Å². The predicted molar refractivity (Wildman–Crippen MR) is 124 cm³/mol. The Hall–Kier alpha value is -2.88. The summed E-state index contributed by atoms with van der Waals surface area (Å²) in [6, 6.07) is 14.9. The minimum atomic E-state index is -0.452. The highest BCUT2D eigenvalue weighted by Crippen LogP contribution is 2.35. The number of benzene rings is 1. The zero-order valence-corrected chi connectivity index (χ0v) is 19.0. The molecule has 4 aromatic rings. The minimum Gasteiger partial charge on any atom is -0.495 e.